The molecule has 2 amide bonds. The van der Waals surface area contributed by atoms with Gasteiger partial charge in [0.25, 0.3) is 5.91 Å². The number of rotatable bonds is 2. The number of carbonyl (C=O) groups is 2. The summed E-state index contributed by atoms with van der Waals surface area (Å²) < 4.78 is 0. The highest BCUT2D eigenvalue weighted by molar-refractivity contribution is 5.98. The number of likely N-dealkylation sites (tertiary alicyclic amines) is 1. The van der Waals surface area contributed by atoms with Gasteiger partial charge in [0.05, 0.1) is 5.92 Å². The van der Waals surface area contributed by atoms with E-state index in [1.165, 1.54) is 0 Å². The van der Waals surface area contributed by atoms with Crippen LogP contribution in [-0.2, 0) is 4.79 Å². The van der Waals surface area contributed by atoms with Gasteiger partial charge >= 0.3 is 0 Å². The number of piperidine rings is 1. The minimum absolute atomic E-state index is 0.0348. The fourth-order valence-corrected chi connectivity index (χ4v) is 2.76. The van der Waals surface area contributed by atoms with Gasteiger partial charge in [-0.05, 0) is 36.4 Å². The summed E-state index contributed by atoms with van der Waals surface area (Å²) in [6.45, 7) is 1.11. The molecule has 3 N–H and O–H groups in total. The predicted octanol–water partition coefficient (Wildman–Crippen LogP) is 1.51. The summed E-state index contributed by atoms with van der Waals surface area (Å²) in [6, 6.07) is 7.57. The van der Waals surface area contributed by atoms with E-state index < -0.39 is 0 Å². The van der Waals surface area contributed by atoms with Crippen LogP contribution >= 0.6 is 0 Å². The van der Waals surface area contributed by atoms with Gasteiger partial charge in [-0.15, -0.1) is 0 Å². The van der Waals surface area contributed by atoms with Gasteiger partial charge in [-0.25, -0.2) is 0 Å². The molecule has 0 saturated carbocycles. The summed E-state index contributed by atoms with van der Waals surface area (Å²) in [5, 5.41) is 1.08. The topological polar surface area (TPSA) is 79.2 Å². The molecule has 0 bridgehead atoms. The van der Waals surface area contributed by atoms with Gasteiger partial charge in [0.15, 0.2) is 0 Å². The number of primary amides is 1. The lowest BCUT2D eigenvalue weighted by atomic mass is 9.97. The number of H-pyrrole nitrogens is 1. The number of nitrogens with zero attached hydrogens (tertiary/aromatic N) is 1. The molecule has 2 heterocycles. The van der Waals surface area contributed by atoms with Gasteiger partial charge in [0.2, 0.25) is 5.91 Å². The number of hydrogen-bond donors (Lipinski definition) is 2. The van der Waals surface area contributed by atoms with Gasteiger partial charge in [0, 0.05) is 30.4 Å². The fraction of sp³-hybridized carbons (Fsp3) is 0.333. The molecule has 1 fully saturated rings. The standard InChI is InChI=1S/C15H17N3O2/c16-14(19)12-2-1-7-18(9-12)15(20)11-4-3-10-5-6-17-13(10)8-11/h3-6,8,12,17H,1-2,7,9H2,(H2,16,19). The first-order valence-electron chi connectivity index (χ1n) is 6.81. The molecule has 3 rings (SSSR count). The van der Waals surface area contributed by atoms with E-state index in [0.29, 0.717) is 18.7 Å². The SMILES string of the molecule is NC(=O)C1CCCN(C(=O)c2ccc3cc[nH]c3c2)C1. The third-order valence-electron chi connectivity index (χ3n) is 3.91. The zero-order valence-electron chi connectivity index (χ0n) is 11.1. The van der Waals surface area contributed by atoms with Crippen LogP contribution in [0, 0.1) is 5.92 Å². The Hall–Kier alpha value is -2.30. The summed E-state index contributed by atoms with van der Waals surface area (Å²) in [7, 11) is 0. The lowest BCUT2D eigenvalue weighted by Gasteiger charge is -2.31. The van der Waals surface area contributed by atoms with Gasteiger partial charge in [0.1, 0.15) is 0 Å². The normalized spacial score (nSPS) is 19.2. The Bertz CT molecular complexity index is 662. The minimum Gasteiger partial charge on any atom is -0.369 e. The Morgan fingerprint density at radius 1 is 1.30 bits per heavy atom. The molecule has 5 heteroatoms. The average Bonchev–Trinajstić information content (AvgIpc) is 2.94. The summed E-state index contributed by atoms with van der Waals surface area (Å²) in [4.78, 5) is 28.6. The van der Waals surface area contributed by atoms with Gasteiger partial charge in [-0.1, -0.05) is 6.07 Å². The van der Waals surface area contributed by atoms with Gasteiger partial charge < -0.3 is 15.6 Å². The van der Waals surface area contributed by atoms with E-state index in [0.717, 1.165) is 23.7 Å². The van der Waals surface area contributed by atoms with E-state index >= 15 is 0 Å². The van der Waals surface area contributed by atoms with Crippen LogP contribution in [0.1, 0.15) is 23.2 Å². The van der Waals surface area contributed by atoms with Crippen molar-refractivity contribution in [3.05, 3.63) is 36.0 Å². The van der Waals surface area contributed by atoms with Crippen LogP contribution in [0.2, 0.25) is 0 Å². The van der Waals surface area contributed by atoms with Crippen molar-refractivity contribution in [2.45, 2.75) is 12.8 Å². The molecule has 20 heavy (non-hydrogen) atoms. The number of nitrogens with two attached hydrogens (primary N) is 1. The van der Waals surface area contributed by atoms with Crippen molar-refractivity contribution in [3.8, 4) is 0 Å². The number of carbonyl (C=O) groups excluding carboxylic acids is 2. The molecule has 0 aliphatic carbocycles. The monoisotopic (exact) mass is 271 g/mol. The first-order chi connectivity index (χ1) is 9.65. The maximum absolute atomic E-state index is 12.5. The van der Waals surface area contributed by atoms with Crippen molar-refractivity contribution < 1.29 is 9.59 Å². The Balaban J connectivity index is 1.82. The molecule has 5 nitrogen and oxygen atoms in total. The third kappa shape index (κ3) is 2.27. The van der Waals surface area contributed by atoms with Crippen LogP contribution in [0.3, 0.4) is 0 Å². The van der Waals surface area contributed by atoms with Crippen molar-refractivity contribution in [1.29, 1.82) is 0 Å². The molecule has 1 aliphatic rings. The highest BCUT2D eigenvalue weighted by Crippen LogP contribution is 2.20. The van der Waals surface area contributed by atoms with Crippen LogP contribution in [0.15, 0.2) is 30.5 Å². The maximum atomic E-state index is 12.5. The smallest absolute Gasteiger partial charge is 0.253 e. The molecular formula is C15H17N3O2. The largest absolute Gasteiger partial charge is 0.369 e. The van der Waals surface area contributed by atoms with Crippen molar-refractivity contribution >= 4 is 22.7 Å². The van der Waals surface area contributed by atoms with Crippen LogP contribution in [0.4, 0.5) is 0 Å². The molecule has 1 saturated heterocycles. The van der Waals surface area contributed by atoms with E-state index in [-0.39, 0.29) is 17.7 Å². The second kappa shape index (κ2) is 5.00. The second-order valence-electron chi connectivity index (χ2n) is 5.27. The predicted molar refractivity (Wildman–Crippen MR) is 76.1 cm³/mol. The highest BCUT2D eigenvalue weighted by Gasteiger charge is 2.27. The van der Waals surface area contributed by atoms with Gasteiger partial charge in [-0.2, -0.15) is 0 Å². The first kappa shape index (κ1) is 12.7. The minimum atomic E-state index is -0.317. The van der Waals surface area contributed by atoms with Crippen LogP contribution < -0.4 is 5.73 Å². The van der Waals surface area contributed by atoms with Crippen molar-refractivity contribution in [2.75, 3.05) is 13.1 Å². The molecule has 1 unspecified atom stereocenters. The van der Waals surface area contributed by atoms with Crippen molar-refractivity contribution in [2.24, 2.45) is 11.7 Å². The number of amides is 2. The summed E-state index contributed by atoms with van der Waals surface area (Å²) in [6.07, 6.45) is 3.45. The summed E-state index contributed by atoms with van der Waals surface area (Å²) in [5.74, 6) is -0.573. The molecule has 104 valence electrons. The molecule has 1 aliphatic heterocycles. The van der Waals surface area contributed by atoms with Crippen LogP contribution in [0.5, 0.6) is 0 Å². The number of aromatic amines is 1. The number of fused-ring (bicyclic) bond motifs is 1. The molecule has 0 spiro atoms. The lowest BCUT2D eigenvalue weighted by Crippen LogP contribution is -2.44. The van der Waals surface area contributed by atoms with E-state index in [2.05, 4.69) is 4.98 Å². The van der Waals surface area contributed by atoms with E-state index in [1.54, 1.807) is 4.90 Å². The first-order valence-corrected chi connectivity index (χ1v) is 6.81. The quantitative estimate of drug-likeness (QED) is 0.868. The Kier molecular flexibility index (Phi) is 3.18. The molecular weight excluding hydrogens is 254 g/mol. The van der Waals surface area contributed by atoms with Crippen molar-refractivity contribution in [1.82, 2.24) is 9.88 Å². The number of aromatic nitrogens is 1. The Morgan fingerprint density at radius 3 is 2.95 bits per heavy atom. The van der Waals surface area contributed by atoms with Crippen LogP contribution in [0.25, 0.3) is 10.9 Å². The van der Waals surface area contributed by atoms with Crippen LogP contribution in [-0.4, -0.2) is 34.8 Å². The molecule has 1 aromatic carbocycles. The fourth-order valence-electron chi connectivity index (χ4n) is 2.76. The van der Waals surface area contributed by atoms with E-state index in [1.807, 2.05) is 30.5 Å². The van der Waals surface area contributed by atoms with Crippen molar-refractivity contribution in [3.63, 3.8) is 0 Å². The zero-order valence-corrected chi connectivity index (χ0v) is 11.1. The number of hydrogen-bond acceptors (Lipinski definition) is 2. The molecule has 2 aromatic rings. The van der Waals surface area contributed by atoms with Gasteiger partial charge in [-0.3, -0.25) is 9.59 Å². The van der Waals surface area contributed by atoms with E-state index in [4.69, 9.17) is 5.73 Å². The molecule has 1 atom stereocenters. The number of benzene rings is 1. The highest BCUT2D eigenvalue weighted by atomic mass is 16.2. The third-order valence-corrected chi connectivity index (χ3v) is 3.91. The molecule has 0 radical (unpaired) electrons. The summed E-state index contributed by atoms with van der Waals surface area (Å²) in [5.41, 5.74) is 6.93. The number of nitrogens with one attached hydrogen (secondary N) is 1. The average molecular weight is 271 g/mol. The lowest BCUT2D eigenvalue weighted by molar-refractivity contribution is -0.123. The zero-order chi connectivity index (χ0) is 14.1. The second-order valence-corrected chi connectivity index (χ2v) is 5.27. The summed E-state index contributed by atoms with van der Waals surface area (Å²) >= 11 is 0. The Labute approximate surface area is 116 Å². The maximum Gasteiger partial charge on any atom is 0.253 e. The van der Waals surface area contributed by atoms with E-state index in [9.17, 15) is 9.59 Å². The molecule has 1 aromatic heterocycles. The Morgan fingerprint density at radius 2 is 2.15 bits per heavy atom.